The van der Waals surface area contributed by atoms with Gasteiger partial charge in [-0.15, -0.1) is 0 Å². The molecule has 0 amide bonds. The third-order valence-electron chi connectivity index (χ3n) is 1.53. The molecule has 0 bridgehead atoms. The number of unbranched alkanes of at least 4 members (excludes halogenated alkanes) is 1. The van der Waals surface area contributed by atoms with Crippen LogP contribution in [0.1, 0.15) is 32.6 Å². The van der Waals surface area contributed by atoms with Gasteiger partial charge in [0.1, 0.15) is 0 Å². The third kappa shape index (κ3) is 10.7. The highest BCUT2D eigenvalue weighted by Gasteiger charge is 1.75. The van der Waals surface area contributed by atoms with E-state index in [0.29, 0.717) is 0 Å². The highest BCUT2D eigenvalue weighted by molar-refractivity contribution is 5.02. The number of nitrogens with zero attached hydrogens (tertiary/aromatic N) is 1. The highest BCUT2D eigenvalue weighted by Crippen LogP contribution is 1.95. The number of hydrogen-bond donors (Lipinski definition) is 0. The van der Waals surface area contributed by atoms with Crippen LogP contribution in [0.4, 0.5) is 0 Å². The minimum absolute atomic E-state index is 0.960. The van der Waals surface area contributed by atoms with Crippen LogP contribution in [-0.2, 0) is 0 Å². The molecule has 0 spiro atoms. The minimum atomic E-state index is 0.960. The van der Waals surface area contributed by atoms with Crippen molar-refractivity contribution in [2.24, 2.45) is 0 Å². The zero-order valence-electron chi connectivity index (χ0n) is 8.24. The predicted octanol–water partition coefficient (Wildman–Crippen LogP) is 3.76. The minimum Gasteiger partial charge on any atom is -0.193 e. The zero-order chi connectivity index (χ0) is 9.78. The van der Waals surface area contributed by atoms with Gasteiger partial charge in [0.2, 0.25) is 0 Å². The van der Waals surface area contributed by atoms with Gasteiger partial charge in [0, 0.05) is 6.08 Å². The Morgan fingerprint density at radius 2 is 1.69 bits per heavy atom. The van der Waals surface area contributed by atoms with E-state index in [4.69, 9.17) is 5.26 Å². The van der Waals surface area contributed by atoms with Crippen LogP contribution in [0, 0.1) is 11.3 Å². The maximum absolute atomic E-state index is 8.20. The molecule has 0 aliphatic heterocycles. The normalized spacial score (nSPS) is 11.7. The first kappa shape index (κ1) is 11.7. The lowest BCUT2D eigenvalue weighted by Gasteiger charge is -1.84. The molecule has 70 valence electrons. The standard InChI is InChI=1S/C12H17N/c1-2-3-4-5-6-7-8-9-10-11-12-13/h3-4,6-7,10-11H,2,5,8-9H2,1H3/b4-3+,7-6+,11-10+. The fraction of sp³-hybridized carbons (Fsp3) is 0.417. The lowest BCUT2D eigenvalue weighted by atomic mass is 10.2. The summed E-state index contributed by atoms with van der Waals surface area (Å²) in [5, 5.41) is 8.20. The molecule has 0 radical (unpaired) electrons. The van der Waals surface area contributed by atoms with Crippen molar-refractivity contribution in [1.82, 2.24) is 0 Å². The lowest BCUT2D eigenvalue weighted by Crippen LogP contribution is -1.65. The topological polar surface area (TPSA) is 23.8 Å². The summed E-state index contributed by atoms with van der Waals surface area (Å²) in [6.45, 7) is 2.13. The van der Waals surface area contributed by atoms with Crippen LogP contribution in [0.25, 0.3) is 0 Å². The molecule has 0 rings (SSSR count). The van der Waals surface area contributed by atoms with E-state index in [1.807, 2.05) is 12.1 Å². The average Bonchev–Trinajstić information content (AvgIpc) is 2.16. The number of rotatable bonds is 6. The van der Waals surface area contributed by atoms with Gasteiger partial charge >= 0.3 is 0 Å². The fourth-order valence-corrected chi connectivity index (χ4v) is 0.884. The van der Waals surface area contributed by atoms with Crippen molar-refractivity contribution in [1.29, 1.82) is 5.26 Å². The smallest absolute Gasteiger partial charge is 0.0908 e. The zero-order valence-corrected chi connectivity index (χ0v) is 8.24. The van der Waals surface area contributed by atoms with Gasteiger partial charge in [-0.3, -0.25) is 0 Å². The van der Waals surface area contributed by atoms with E-state index >= 15 is 0 Å². The van der Waals surface area contributed by atoms with E-state index < -0.39 is 0 Å². The molecule has 0 atom stereocenters. The van der Waals surface area contributed by atoms with Crippen LogP contribution in [0.5, 0.6) is 0 Å². The molecule has 1 heteroatoms. The van der Waals surface area contributed by atoms with Crippen LogP contribution in [0.3, 0.4) is 0 Å². The molecule has 0 aromatic rings. The van der Waals surface area contributed by atoms with Crippen molar-refractivity contribution >= 4 is 0 Å². The number of allylic oxidation sites excluding steroid dienone is 6. The molecule has 0 aromatic heterocycles. The molecule has 0 saturated heterocycles. The molecule has 0 fully saturated rings. The Kier molecular flexibility index (Phi) is 9.65. The SMILES string of the molecule is CC/C=C/C/C=C/CC/C=C/C#N. The van der Waals surface area contributed by atoms with Crippen molar-refractivity contribution in [3.63, 3.8) is 0 Å². The van der Waals surface area contributed by atoms with Crippen LogP contribution in [-0.4, -0.2) is 0 Å². The molecule has 0 N–H and O–H groups in total. The Morgan fingerprint density at radius 3 is 2.38 bits per heavy atom. The second-order valence-corrected chi connectivity index (χ2v) is 2.70. The second kappa shape index (κ2) is 10.7. The van der Waals surface area contributed by atoms with Gasteiger partial charge in [0.15, 0.2) is 0 Å². The summed E-state index contributed by atoms with van der Waals surface area (Å²) in [5.74, 6) is 0. The molecule has 0 aromatic carbocycles. The van der Waals surface area contributed by atoms with Crippen molar-refractivity contribution in [3.05, 3.63) is 36.5 Å². The summed E-state index contributed by atoms with van der Waals surface area (Å²) in [5.41, 5.74) is 0. The Labute approximate surface area is 81.1 Å². The average molecular weight is 175 g/mol. The van der Waals surface area contributed by atoms with Crippen LogP contribution >= 0.6 is 0 Å². The summed E-state index contributed by atoms with van der Waals surface area (Å²) in [4.78, 5) is 0. The first-order chi connectivity index (χ1) is 6.41. The van der Waals surface area contributed by atoms with Crippen molar-refractivity contribution < 1.29 is 0 Å². The Hall–Kier alpha value is -1.29. The fourth-order valence-electron chi connectivity index (χ4n) is 0.884. The largest absolute Gasteiger partial charge is 0.193 e. The summed E-state index contributed by atoms with van der Waals surface area (Å²) >= 11 is 0. The van der Waals surface area contributed by atoms with Gasteiger partial charge in [-0.2, -0.15) is 5.26 Å². The highest BCUT2D eigenvalue weighted by atomic mass is 14.2. The summed E-state index contributed by atoms with van der Waals surface area (Å²) in [7, 11) is 0. The van der Waals surface area contributed by atoms with Gasteiger partial charge in [-0.25, -0.2) is 0 Å². The van der Waals surface area contributed by atoms with Gasteiger partial charge in [0.25, 0.3) is 0 Å². The van der Waals surface area contributed by atoms with E-state index in [1.54, 1.807) is 0 Å². The van der Waals surface area contributed by atoms with E-state index in [0.717, 1.165) is 25.7 Å². The van der Waals surface area contributed by atoms with E-state index in [-0.39, 0.29) is 0 Å². The van der Waals surface area contributed by atoms with Crippen LogP contribution < -0.4 is 0 Å². The van der Waals surface area contributed by atoms with Crippen LogP contribution in [0.2, 0.25) is 0 Å². The van der Waals surface area contributed by atoms with Gasteiger partial charge < -0.3 is 0 Å². The molecular weight excluding hydrogens is 158 g/mol. The number of hydrogen-bond acceptors (Lipinski definition) is 1. The number of nitriles is 1. The van der Waals surface area contributed by atoms with E-state index in [9.17, 15) is 0 Å². The second-order valence-electron chi connectivity index (χ2n) is 2.70. The van der Waals surface area contributed by atoms with E-state index in [2.05, 4.69) is 31.2 Å². The summed E-state index contributed by atoms with van der Waals surface area (Å²) in [6.07, 6.45) is 16.2. The molecule has 0 aliphatic carbocycles. The molecule has 13 heavy (non-hydrogen) atoms. The molecule has 0 saturated carbocycles. The monoisotopic (exact) mass is 175 g/mol. The van der Waals surface area contributed by atoms with Crippen molar-refractivity contribution in [2.75, 3.05) is 0 Å². The molecule has 1 nitrogen and oxygen atoms in total. The molecule has 0 aliphatic rings. The van der Waals surface area contributed by atoms with Gasteiger partial charge in [-0.05, 0) is 25.7 Å². The Bertz CT molecular complexity index is 216. The Morgan fingerprint density at radius 1 is 1.00 bits per heavy atom. The van der Waals surface area contributed by atoms with Crippen LogP contribution in [0.15, 0.2) is 36.5 Å². The van der Waals surface area contributed by atoms with Crippen molar-refractivity contribution in [3.8, 4) is 6.07 Å². The molecule has 0 heterocycles. The predicted molar refractivity (Wildman–Crippen MR) is 57.2 cm³/mol. The maximum Gasteiger partial charge on any atom is 0.0908 e. The summed E-state index contributed by atoms with van der Waals surface area (Å²) in [6, 6.07) is 1.97. The quantitative estimate of drug-likeness (QED) is 0.342. The molecular formula is C12H17N. The van der Waals surface area contributed by atoms with Gasteiger partial charge in [0.05, 0.1) is 6.07 Å². The third-order valence-corrected chi connectivity index (χ3v) is 1.53. The Balaban J connectivity index is 3.28. The lowest BCUT2D eigenvalue weighted by molar-refractivity contribution is 1.04. The molecule has 0 unspecified atom stereocenters. The first-order valence-corrected chi connectivity index (χ1v) is 4.76. The maximum atomic E-state index is 8.20. The van der Waals surface area contributed by atoms with E-state index in [1.165, 1.54) is 6.08 Å². The van der Waals surface area contributed by atoms with Crippen molar-refractivity contribution in [2.45, 2.75) is 32.6 Å². The summed E-state index contributed by atoms with van der Waals surface area (Å²) < 4.78 is 0. The first-order valence-electron chi connectivity index (χ1n) is 4.76. The van der Waals surface area contributed by atoms with Gasteiger partial charge in [-0.1, -0.05) is 37.3 Å².